The lowest BCUT2D eigenvalue weighted by atomic mass is 10.1. The Hall–Kier alpha value is -2.14. The quantitative estimate of drug-likeness (QED) is 0.904. The van der Waals surface area contributed by atoms with Crippen LogP contribution in [0.2, 0.25) is 5.02 Å². The number of halogens is 1. The van der Waals surface area contributed by atoms with Gasteiger partial charge in [-0.3, -0.25) is 4.98 Å². The molecule has 1 aromatic heterocycles. The van der Waals surface area contributed by atoms with Gasteiger partial charge < -0.3 is 19.9 Å². The smallest absolute Gasteiger partial charge is 0.231 e. The maximum absolute atomic E-state index is 9.90. The fraction of sp³-hybridized carbons (Fsp3) is 0.154. The minimum absolute atomic E-state index is 0.150. The number of nitrogens with zero attached hydrogens (tertiary/aromatic N) is 1. The average molecular weight is 279 g/mol. The molecule has 2 heterocycles. The van der Waals surface area contributed by atoms with Crippen molar-refractivity contribution in [2.75, 3.05) is 12.1 Å². The number of pyridine rings is 1. The number of phenolic OH excluding ortho intramolecular Hbond substituents is 1. The molecule has 19 heavy (non-hydrogen) atoms. The normalized spacial score (nSPS) is 12.5. The SMILES string of the molecule is Oc1cc2c(cc1CNc1cnccc1Cl)OCO2. The second kappa shape index (κ2) is 4.85. The number of fused-ring (bicyclic) bond motifs is 1. The third-order valence-corrected chi connectivity index (χ3v) is 3.14. The molecule has 6 heteroatoms. The predicted molar refractivity (Wildman–Crippen MR) is 70.8 cm³/mol. The van der Waals surface area contributed by atoms with Gasteiger partial charge in [0, 0.05) is 24.4 Å². The molecule has 0 bridgehead atoms. The summed E-state index contributed by atoms with van der Waals surface area (Å²) >= 11 is 6.01. The van der Waals surface area contributed by atoms with Crippen LogP contribution >= 0.6 is 11.6 Å². The molecular formula is C13H11ClN2O3. The van der Waals surface area contributed by atoms with E-state index >= 15 is 0 Å². The lowest BCUT2D eigenvalue weighted by Crippen LogP contribution is -2.00. The fourth-order valence-electron chi connectivity index (χ4n) is 1.81. The molecule has 0 fully saturated rings. The Morgan fingerprint density at radius 1 is 1.32 bits per heavy atom. The van der Waals surface area contributed by atoms with Crippen LogP contribution < -0.4 is 14.8 Å². The van der Waals surface area contributed by atoms with E-state index in [1.54, 1.807) is 30.6 Å². The molecule has 0 amide bonds. The molecule has 0 radical (unpaired) electrons. The maximum Gasteiger partial charge on any atom is 0.231 e. The van der Waals surface area contributed by atoms with Gasteiger partial charge in [0.15, 0.2) is 11.5 Å². The van der Waals surface area contributed by atoms with E-state index in [0.29, 0.717) is 34.3 Å². The summed E-state index contributed by atoms with van der Waals surface area (Å²) in [4.78, 5) is 3.98. The molecule has 0 saturated heterocycles. The van der Waals surface area contributed by atoms with E-state index in [1.165, 1.54) is 0 Å². The second-order valence-electron chi connectivity index (χ2n) is 4.04. The van der Waals surface area contributed by atoms with Gasteiger partial charge in [-0.2, -0.15) is 0 Å². The molecule has 0 aliphatic carbocycles. The average Bonchev–Trinajstić information content (AvgIpc) is 2.84. The zero-order chi connectivity index (χ0) is 13.2. The molecule has 3 rings (SSSR count). The van der Waals surface area contributed by atoms with E-state index in [0.717, 1.165) is 0 Å². The van der Waals surface area contributed by atoms with Crippen molar-refractivity contribution >= 4 is 17.3 Å². The second-order valence-corrected chi connectivity index (χ2v) is 4.45. The van der Waals surface area contributed by atoms with Gasteiger partial charge in [0.1, 0.15) is 5.75 Å². The highest BCUT2D eigenvalue weighted by Gasteiger charge is 2.16. The van der Waals surface area contributed by atoms with Crippen molar-refractivity contribution in [2.45, 2.75) is 6.54 Å². The summed E-state index contributed by atoms with van der Waals surface area (Å²) in [5.41, 5.74) is 1.41. The zero-order valence-electron chi connectivity index (χ0n) is 9.89. The molecule has 2 aromatic rings. The van der Waals surface area contributed by atoms with Crippen LogP contribution in [-0.2, 0) is 6.54 Å². The third-order valence-electron chi connectivity index (χ3n) is 2.81. The van der Waals surface area contributed by atoms with E-state index in [9.17, 15) is 5.11 Å². The molecule has 0 atom stereocenters. The first-order valence-electron chi connectivity index (χ1n) is 5.69. The molecule has 1 aromatic carbocycles. The van der Waals surface area contributed by atoms with Crippen molar-refractivity contribution in [3.63, 3.8) is 0 Å². The molecule has 1 aliphatic heterocycles. The number of aromatic hydroxyl groups is 1. The Balaban J connectivity index is 1.79. The summed E-state index contributed by atoms with van der Waals surface area (Å²) in [6.45, 7) is 0.591. The highest BCUT2D eigenvalue weighted by Crippen LogP contribution is 2.37. The first-order chi connectivity index (χ1) is 9.24. The first kappa shape index (κ1) is 11.9. The van der Waals surface area contributed by atoms with Crippen molar-refractivity contribution < 1.29 is 14.6 Å². The van der Waals surface area contributed by atoms with Crippen molar-refractivity contribution in [3.05, 3.63) is 41.2 Å². The van der Waals surface area contributed by atoms with Crippen molar-refractivity contribution in [3.8, 4) is 17.2 Å². The van der Waals surface area contributed by atoms with Gasteiger partial charge in [0.2, 0.25) is 6.79 Å². The highest BCUT2D eigenvalue weighted by atomic mass is 35.5. The van der Waals surface area contributed by atoms with Gasteiger partial charge in [-0.15, -0.1) is 0 Å². The van der Waals surface area contributed by atoms with Crippen molar-refractivity contribution in [1.29, 1.82) is 0 Å². The van der Waals surface area contributed by atoms with Gasteiger partial charge in [-0.1, -0.05) is 11.6 Å². The first-order valence-corrected chi connectivity index (χ1v) is 6.07. The summed E-state index contributed by atoms with van der Waals surface area (Å²) in [5, 5.41) is 13.6. The van der Waals surface area contributed by atoms with E-state index in [-0.39, 0.29) is 12.5 Å². The van der Waals surface area contributed by atoms with E-state index in [4.69, 9.17) is 21.1 Å². The molecule has 0 spiro atoms. The standard InChI is InChI=1S/C13H11ClN2O3/c14-9-1-2-15-6-10(9)16-5-8-3-12-13(4-11(8)17)19-7-18-12/h1-4,6,16-17H,5,7H2. The van der Waals surface area contributed by atoms with Crippen LogP contribution in [0.3, 0.4) is 0 Å². The summed E-state index contributed by atoms with van der Waals surface area (Å²) < 4.78 is 10.5. The van der Waals surface area contributed by atoms with Crippen LogP contribution in [0.5, 0.6) is 17.2 Å². The van der Waals surface area contributed by atoms with Crippen LogP contribution in [0, 0.1) is 0 Å². The molecule has 0 unspecified atom stereocenters. The van der Waals surface area contributed by atoms with Crippen molar-refractivity contribution in [1.82, 2.24) is 4.98 Å². The van der Waals surface area contributed by atoms with Gasteiger partial charge in [0.25, 0.3) is 0 Å². The lowest BCUT2D eigenvalue weighted by Gasteiger charge is -2.10. The summed E-state index contributed by atoms with van der Waals surface area (Å²) in [6.07, 6.45) is 3.25. The number of hydrogen-bond acceptors (Lipinski definition) is 5. The summed E-state index contributed by atoms with van der Waals surface area (Å²) in [7, 11) is 0. The predicted octanol–water partition coefficient (Wildman–Crippen LogP) is 2.78. The summed E-state index contributed by atoms with van der Waals surface area (Å²) in [5.74, 6) is 1.34. The number of rotatable bonds is 3. The molecule has 0 saturated carbocycles. The number of nitrogens with one attached hydrogen (secondary N) is 1. The van der Waals surface area contributed by atoms with Gasteiger partial charge in [-0.05, 0) is 12.1 Å². The molecule has 2 N–H and O–H groups in total. The van der Waals surface area contributed by atoms with Gasteiger partial charge >= 0.3 is 0 Å². The third kappa shape index (κ3) is 2.37. The minimum atomic E-state index is 0.150. The summed E-state index contributed by atoms with van der Waals surface area (Å²) in [6, 6.07) is 4.99. The van der Waals surface area contributed by atoms with E-state index in [2.05, 4.69) is 10.3 Å². The zero-order valence-corrected chi connectivity index (χ0v) is 10.6. The Kier molecular flexibility index (Phi) is 3.05. The number of anilines is 1. The van der Waals surface area contributed by atoms with Crippen LogP contribution in [-0.4, -0.2) is 16.9 Å². The number of hydrogen-bond donors (Lipinski definition) is 2. The maximum atomic E-state index is 9.90. The molecule has 1 aliphatic rings. The van der Waals surface area contributed by atoms with Gasteiger partial charge in [0.05, 0.1) is 16.9 Å². The molecule has 5 nitrogen and oxygen atoms in total. The van der Waals surface area contributed by atoms with Gasteiger partial charge in [-0.25, -0.2) is 0 Å². The van der Waals surface area contributed by atoms with Crippen LogP contribution in [0.4, 0.5) is 5.69 Å². The molecular weight excluding hydrogens is 268 g/mol. The Bertz CT molecular complexity index is 619. The van der Waals surface area contributed by atoms with Crippen LogP contribution in [0.15, 0.2) is 30.6 Å². The van der Waals surface area contributed by atoms with Crippen molar-refractivity contribution in [2.24, 2.45) is 0 Å². The Morgan fingerprint density at radius 3 is 2.89 bits per heavy atom. The number of phenols is 1. The Morgan fingerprint density at radius 2 is 2.11 bits per heavy atom. The van der Waals surface area contributed by atoms with Crippen LogP contribution in [0.1, 0.15) is 5.56 Å². The molecule has 98 valence electrons. The van der Waals surface area contributed by atoms with E-state index < -0.39 is 0 Å². The minimum Gasteiger partial charge on any atom is -0.507 e. The number of benzene rings is 1. The number of ether oxygens (including phenoxy) is 2. The fourth-order valence-corrected chi connectivity index (χ4v) is 1.98. The topological polar surface area (TPSA) is 63.6 Å². The van der Waals surface area contributed by atoms with Crippen LogP contribution in [0.25, 0.3) is 0 Å². The highest BCUT2D eigenvalue weighted by molar-refractivity contribution is 6.33. The largest absolute Gasteiger partial charge is 0.507 e. The monoisotopic (exact) mass is 278 g/mol. The van der Waals surface area contributed by atoms with E-state index in [1.807, 2.05) is 0 Å². The lowest BCUT2D eigenvalue weighted by molar-refractivity contribution is 0.174. The number of aromatic nitrogens is 1. The Labute approximate surface area is 114 Å².